The summed E-state index contributed by atoms with van der Waals surface area (Å²) in [7, 11) is 2.02. The highest BCUT2D eigenvalue weighted by Crippen LogP contribution is 2.29. The van der Waals surface area contributed by atoms with Gasteiger partial charge in [0.1, 0.15) is 0 Å². The first-order valence-corrected chi connectivity index (χ1v) is 7.22. The molecule has 0 aliphatic carbocycles. The topological polar surface area (TPSA) is 44.7 Å². The molecule has 1 fully saturated rings. The number of morpholine rings is 1. The largest absolute Gasteiger partial charge is 0.416 e. The Balaban J connectivity index is 1.78. The molecule has 1 aromatic carbocycles. The highest BCUT2D eigenvalue weighted by atomic mass is 19.4. The molecule has 2 N–H and O–H groups in total. The van der Waals surface area contributed by atoms with Gasteiger partial charge in [-0.1, -0.05) is 12.1 Å². The van der Waals surface area contributed by atoms with E-state index in [1.807, 2.05) is 7.05 Å². The number of alkyl halides is 3. The van der Waals surface area contributed by atoms with E-state index in [0.717, 1.165) is 25.2 Å². The maximum Gasteiger partial charge on any atom is 0.416 e. The van der Waals surface area contributed by atoms with Gasteiger partial charge in [0.05, 0.1) is 24.4 Å². The molecule has 0 saturated carbocycles. The fraction of sp³-hybridized carbons (Fsp3) is 0.600. The van der Waals surface area contributed by atoms with Crippen LogP contribution in [0.15, 0.2) is 24.3 Å². The smallest absolute Gasteiger partial charge is 0.387 e. The number of benzene rings is 1. The molecule has 1 aromatic rings. The predicted octanol–water partition coefficient (Wildman–Crippen LogP) is 1.66. The van der Waals surface area contributed by atoms with Crippen molar-refractivity contribution in [1.82, 2.24) is 10.2 Å². The fourth-order valence-corrected chi connectivity index (χ4v) is 2.38. The van der Waals surface area contributed by atoms with Crippen LogP contribution in [-0.4, -0.2) is 55.9 Å². The second-order valence-corrected chi connectivity index (χ2v) is 5.55. The number of hydrogen-bond acceptors (Lipinski definition) is 4. The third-order valence-corrected chi connectivity index (χ3v) is 3.67. The van der Waals surface area contributed by atoms with E-state index in [1.165, 1.54) is 12.1 Å². The first-order valence-electron chi connectivity index (χ1n) is 7.22. The monoisotopic (exact) mass is 318 g/mol. The second-order valence-electron chi connectivity index (χ2n) is 5.55. The van der Waals surface area contributed by atoms with Crippen LogP contribution in [-0.2, 0) is 10.9 Å². The van der Waals surface area contributed by atoms with E-state index in [-0.39, 0.29) is 12.6 Å². The number of halogens is 3. The minimum Gasteiger partial charge on any atom is -0.387 e. The summed E-state index contributed by atoms with van der Waals surface area (Å²) in [6, 6.07) is 4.58. The van der Waals surface area contributed by atoms with Crippen LogP contribution in [0.5, 0.6) is 0 Å². The predicted molar refractivity (Wildman–Crippen MR) is 76.5 cm³/mol. The molecule has 0 aromatic heterocycles. The van der Waals surface area contributed by atoms with Gasteiger partial charge in [-0.3, -0.25) is 0 Å². The lowest BCUT2D eigenvalue weighted by Crippen LogP contribution is -2.45. The molecule has 2 rings (SSSR count). The summed E-state index contributed by atoms with van der Waals surface area (Å²) in [5.74, 6) is 0. The zero-order valence-electron chi connectivity index (χ0n) is 12.4. The van der Waals surface area contributed by atoms with Gasteiger partial charge in [0.2, 0.25) is 0 Å². The number of nitrogens with zero attached hydrogens (tertiary/aromatic N) is 1. The van der Waals surface area contributed by atoms with Crippen molar-refractivity contribution in [2.24, 2.45) is 0 Å². The van der Waals surface area contributed by atoms with E-state index in [0.29, 0.717) is 18.7 Å². The lowest BCUT2D eigenvalue weighted by atomic mass is 10.1. The second kappa shape index (κ2) is 7.41. The zero-order valence-corrected chi connectivity index (χ0v) is 12.4. The van der Waals surface area contributed by atoms with Crippen molar-refractivity contribution in [1.29, 1.82) is 0 Å². The molecule has 4 nitrogen and oxygen atoms in total. The van der Waals surface area contributed by atoms with Crippen LogP contribution in [0.25, 0.3) is 0 Å². The summed E-state index contributed by atoms with van der Waals surface area (Å²) in [5, 5.41) is 13.1. The zero-order chi connectivity index (χ0) is 16.2. The molecule has 1 heterocycles. The van der Waals surface area contributed by atoms with Crippen molar-refractivity contribution in [2.75, 3.05) is 39.8 Å². The Morgan fingerprint density at radius 1 is 1.36 bits per heavy atom. The van der Waals surface area contributed by atoms with Gasteiger partial charge in [-0.15, -0.1) is 0 Å². The molecule has 124 valence electrons. The lowest BCUT2D eigenvalue weighted by molar-refractivity contribution is -0.137. The molecular weight excluding hydrogens is 297 g/mol. The number of nitrogens with one attached hydrogen (secondary N) is 1. The summed E-state index contributed by atoms with van der Waals surface area (Å²) < 4.78 is 43.0. The van der Waals surface area contributed by atoms with Crippen molar-refractivity contribution in [3.63, 3.8) is 0 Å². The van der Waals surface area contributed by atoms with Crippen molar-refractivity contribution >= 4 is 0 Å². The summed E-state index contributed by atoms with van der Waals surface area (Å²) >= 11 is 0. The number of ether oxygens (including phenoxy) is 1. The van der Waals surface area contributed by atoms with Gasteiger partial charge in [0.25, 0.3) is 0 Å². The quantitative estimate of drug-likeness (QED) is 0.867. The van der Waals surface area contributed by atoms with Gasteiger partial charge >= 0.3 is 6.18 Å². The minimum atomic E-state index is -4.36. The van der Waals surface area contributed by atoms with E-state index in [4.69, 9.17) is 4.74 Å². The molecule has 0 amide bonds. The Hall–Kier alpha value is -1.15. The minimum absolute atomic E-state index is 0.0681. The van der Waals surface area contributed by atoms with Crippen LogP contribution in [0.3, 0.4) is 0 Å². The van der Waals surface area contributed by atoms with Crippen LogP contribution in [0.1, 0.15) is 17.2 Å². The normalized spacial score (nSPS) is 21.8. The maximum atomic E-state index is 12.5. The highest BCUT2D eigenvalue weighted by Gasteiger charge is 2.30. The Labute approximate surface area is 127 Å². The lowest BCUT2D eigenvalue weighted by Gasteiger charge is -2.30. The molecule has 1 saturated heterocycles. The Morgan fingerprint density at radius 2 is 2.05 bits per heavy atom. The van der Waals surface area contributed by atoms with Crippen molar-refractivity contribution in [2.45, 2.75) is 18.4 Å². The van der Waals surface area contributed by atoms with Gasteiger partial charge in [0.15, 0.2) is 0 Å². The summed E-state index contributed by atoms with van der Waals surface area (Å²) in [6.07, 6.45) is -5.13. The Morgan fingerprint density at radius 3 is 2.64 bits per heavy atom. The molecule has 0 spiro atoms. The number of likely N-dealkylation sites (N-methyl/N-ethyl adjacent to an activating group) is 1. The van der Waals surface area contributed by atoms with Gasteiger partial charge in [-0.25, -0.2) is 0 Å². The number of rotatable bonds is 5. The van der Waals surface area contributed by atoms with Crippen LogP contribution >= 0.6 is 0 Å². The van der Waals surface area contributed by atoms with Gasteiger partial charge in [-0.2, -0.15) is 13.2 Å². The number of aliphatic hydroxyl groups excluding tert-OH is 1. The molecule has 1 aliphatic heterocycles. The molecule has 22 heavy (non-hydrogen) atoms. The number of hydrogen-bond donors (Lipinski definition) is 2. The van der Waals surface area contributed by atoms with Crippen LogP contribution < -0.4 is 5.32 Å². The SMILES string of the molecule is CN1CCOC(CNCC(O)c2ccc(C(F)(F)F)cc2)C1. The standard InChI is InChI=1S/C15H21F3N2O2/c1-20-6-7-22-13(10-20)8-19-9-14(21)11-2-4-12(5-3-11)15(16,17)18/h2-5,13-14,19,21H,6-10H2,1H3. The van der Waals surface area contributed by atoms with Crippen LogP contribution in [0, 0.1) is 0 Å². The third kappa shape index (κ3) is 4.95. The summed E-state index contributed by atoms with van der Waals surface area (Å²) in [6.45, 7) is 3.29. The van der Waals surface area contributed by atoms with Gasteiger partial charge in [-0.05, 0) is 24.7 Å². The Kier molecular flexibility index (Phi) is 5.80. The van der Waals surface area contributed by atoms with Gasteiger partial charge in [0, 0.05) is 26.2 Å². The van der Waals surface area contributed by atoms with E-state index in [1.54, 1.807) is 0 Å². The third-order valence-electron chi connectivity index (χ3n) is 3.67. The molecular formula is C15H21F3N2O2. The molecule has 1 aliphatic rings. The van der Waals surface area contributed by atoms with E-state index >= 15 is 0 Å². The van der Waals surface area contributed by atoms with E-state index in [2.05, 4.69) is 10.2 Å². The highest BCUT2D eigenvalue weighted by molar-refractivity contribution is 5.26. The molecule has 0 radical (unpaired) electrons. The first-order chi connectivity index (χ1) is 10.4. The van der Waals surface area contributed by atoms with Gasteiger partial charge < -0.3 is 20.1 Å². The van der Waals surface area contributed by atoms with E-state index in [9.17, 15) is 18.3 Å². The maximum absolute atomic E-state index is 12.5. The van der Waals surface area contributed by atoms with Crippen LogP contribution in [0.4, 0.5) is 13.2 Å². The first kappa shape index (κ1) is 17.2. The van der Waals surface area contributed by atoms with E-state index < -0.39 is 17.8 Å². The van der Waals surface area contributed by atoms with Crippen LogP contribution in [0.2, 0.25) is 0 Å². The van der Waals surface area contributed by atoms with Crippen molar-refractivity contribution in [3.05, 3.63) is 35.4 Å². The summed E-state index contributed by atoms with van der Waals surface area (Å²) in [4.78, 5) is 2.17. The molecule has 0 bridgehead atoms. The fourth-order valence-electron chi connectivity index (χ4n) is 2.38. The molecule has 2 unspecified atom stereocenters. The molecule has 7 heteroatoms. The number of aliphatic hydroxyl groups is 1. The average Bonchev–Trinajstić information content (AvgIpc) is 2.46. The molecule has 2 atom stereocenters. The van der Waals surface area contributed by atoms with Crippen molar-refractivity contribution < 1.29 is 23.0 Å². The van der Waals surface area contributed by atoms with Crippen molar-refractivity contribution in [3.8, 4) is 0 Å². The Bertz CT molecular complexity index is 465. The summed E-state index contributed by atoms with van der Waals surface area (Å²) in [5.41, 5.74) is -0.253. The average molecular weight is 318 g/mol.